The zero-order chi connectivity index (χ0) is 19.3. The highest BCUT2D eigenvalue weighted by Crippen LogP contribution is 2.33. The Morgan fingerprint density at radius 1 is 1.11 bits per heavy atom. The molecule has 0 aliphatic heterocycles. The normalized spacial score (nSPS) is 14.2. The van der Waals surface area contributed by atoms with Crippen molar-refractivity contribution in [2.45, 2.75) is 38.3 Å². The summed E-state index contributed by atoms with van der Waals surface area (Å²) in [6, 6.07) is 13.2. The minimum atomic E-state index is -0.275. The molecule has 0 bridgehead atoms. The average molecular weight is 396 g/mol. The van der Waals surface area contributed by atoms with Crippen LogP contribution in [-0.2, 0) is 6.54 Å². The van der Waals surface area contributed by atoms with E-state index in [-0.39, 0.29) is 6.03 Å². The molecule has 1 fully saturated rings. The topological polar surface area (TPSA) is 71.8 Å². The van der Waals surface area contributed by atoms with Crippen LogP contribution < -0.4 is 10.6 Å². The van der Waals surface area contributed by atoms with Crippen LogP contribution in [0.25, 0.3) is 11.3 Å². The van der Waals surface area contributed by atoms with E-state index >= 15 is 0 Å². The number of nitrogens with one attached hydrogen (secondary N) is 2. The number of benzene rings is 1. The summed E-state index contributed by atoms with van der Waals surface area (Å²) in [4.78, 5) is 16.3. The molecule has 2 amide bonds. The van der Waals surface area contributed by atoms with Crippen molar-refractivity contribution in [3.05, 3.63) is 65.6 Å². The molecule has 4 rings (SSSR count). The van der Waals surface area contributed by atoms with E-state index in [4.69, 9.17) is 16.7 Å². The molecule has 2 N–H and O–H groups in total. The lowest BCUT2D eigenvalue weighted by molar-refractivity contribution is 0.251. The number of urea groups is 1. The fourth-order valence-electron chi connectivity index (χ4n) is 3.58. The Kier molecular flexibility index (Phi) is 5.58. The van der Waals surface area contributed by atoms with Gasteiger partial charge in [-0.1, -0.05) is 24.4 Å². The van der Waals surface area contributed by atoms with Gasteiger partial charge in [0.2, 0.25) is 0 Å². The third-order valence-electron chi connectivity index (χ3n) is 4.97. The van der Waals surface area contributed by atoms with Crippen LogP contribution in [0.1, 0.15) is 37.4 Å². The monoisotopic (exact) mass is 395 g/mol. The highest BCUT2D eigenvalue weighted by molar-refractivity contribution is 6.30. The fraction of sp³-hybridized carbons (Fsp3) is 0.286. The van der Waals surface area contributed by atoms with Gasteiger partial charge >= 0.3 is 6.03 Å². The van der Waals surface area contributed by atoms with Gasteiger partial charge in [-0.05, 0) is 55.3 Å². The zero-order valence-electron chi connectivity index (χ0n) is 15.4. The largest absolute Gasteiger partial charge is 0.332 e. The van der Waals surface area contributed by atoms with Crippen LogP contribution in [0.15, 0.2) is 54.9 Å². The minimum absolute atomic E-state index is 0.275. The summed E-state index contributed by atoms with van der Waals surface area (Å²) in [5, 5.41) is 11.1. The number of hydrogen-bond donors (Lipinski definition) is 2. The summed E-state index contributed by atoms with van der Waals surface area (Å²) >= 11 is 5.87. The molecule has 0 radical (unpaired) electrons. The van der Waals surface area contributed by atoms with Crippen molar-refractivity contribution in [3.63, 3.8) is 0 Å². The molecule has 0 saturated heterocycles. The minimum Gasteiger partial charge on any atom is -0.332 e. The molecular formula is C21H22ClN5O. The van der Waals surface area contributed by atoms with Gasteiger partial charge in [0, 0.05) is 28.7 Å². The van der Waals surface area contributed by atoms with E-state index in [1.165, 1.54) is 12.8 Å². The SMILES string of the molecule is O=C(NCc1cc(-c2ccncc2)n(C2CCCC2)n1)Nc1ccc(Cl)cc1. The second kappa shape index (κ2) is 8.44. The molecule has 0 atom stereocenters. The number of carbonyl (C=O) groups excluding carboxylic acids is 1. The van der Waals surface area contributed by atoms with Crippen molar-refractivity contribution in [1.29, 1.82) is 0 Å². The van der Waals surface area contributed by atoms with Gasteiger partial charge in [0.05, 0.1) is 24.0 Å². The summed E-state index contributed by atoms with van der Waals surface area (Å²) in [5.41, 5.74) is 3.69. The molecule has 2 heterocycles. The number of amides is 2. The molecule has 1 saturated carbocycles. The summed E-state index contributed by atoms with van der Waals surface area (Å²) in [7, 11) is 0. The molecule has 1 aliphatic carbocycles. The van der Waals surface area contributed by atoms with Crippen molar-refractivity contribution in [2.75, 3.05) is 5.32 Å². The second-order valence-electron chi connectivity index (χ2n) is 6.95. The van der Waals surface area contributed by atoms with Gasteiger partial charge in [0.1, 0.15) is 0 Å². The van der Waals surface area contributed by atoms with E-state index in [9.17, 15) is 4.79 Å². The standard InChI is InChI=1S/C21H22ClN5O/c22-16-5-7-17(8-6-16)25-21(28)24-14-18-13-20(15-9-11-23-12-10-15)27(26-18)19-3-1-2-4-19/h5-13,19H,1-4,14H2,(H2,24,25,28). The van der Waals surface area contributed by atoms with Crippen LogP contribution in [0.4, 0.5) is 10.5 Å². The lowest BCUT2D eigenvalue weighted by atomic mass is 10.1. The first-order valence-corrected chi connectivity index (χ1v) is 9.86. The van der Waals surface area contributed by atoms with Crippen LogP contribution in [0.2, 0.25) is 5.02 Å². The maximum absolute atomic E-state index is 12.2. The van der Waals surface area contributed by atoms with Gasteiger partial charge in [-0.25, -0.2) is 4.79 Å². The van der Waals surface area contributed by atoms with Crippen LogP contribution in [0.5, 0.6) is 0 Å². The lowest BCUT2D eigenvalue weighted by Gasteiger charge is -2.14. The van der Waals surface area contributed by atoms with E-state index in [1.54, 1.807) is 36.7 Å². The summed E-state index contributed by atoms with van der Waals surface area (Å²) in [6.07, 6.45) is 8.33. The van der Waals surface area contributed by atoms with E-state index in [0.717, 1.165) is 29.8 Å². The van der Waals surface area contributed by atoms with E-state index in [0.29, 0.717) is 23.3 Å². The number of rotatable bonds is 5. The maximum atomic E-state index is 12.2. The van der Waals surface area contributed by atoms with Crippen molar-refractivity contribution in [1.82, 2.24) is 20.1 Å². The third-order valence-corrected chi connectivity index (χ3v) is 5.22. The number of hydrogen-bond acceptors (Lipinski definition) is 3. The Hall–Kier alpha value is -2.86. The van der Waals surface area contributed by atoms with Gasteiger partial charge in [-0.3, -0.25) is 9.67 Å². The molecule has 3 aromatic rings. The average Bonchev–Trinajstić information content (AvgIpc) is 3.38. The molecule has 2 aromatic heterocycles. The van der Waals surface area contributed by atoms with E-state index in [2.05, 4.69) is 26.4 Å². The van der Waals surface area contributed by atoms with Crippen molar-refractivity contribution in [2.24, 2.45) is 0 Å². The molecule has 0 spiro atoms. The van der Waals surface area contributed by atoms with Crippen LogP contribution >= 0.6 is 11.6 Å². The van der Waals surface area contributed by atoms with Gasteiger partial charge in [0.25, 0.3) is 0 Å². The number of aromatic nitrogens is 3. The first kappa shape index (κ1) is 18.5. The Balaban J connectivity index is 1.47. The molecule has 28 heavy (non-hydrogen) atoms. The molecule has 7 heteroatoms. The number of pyridine rings is 1. The molecule has 144 valence electrons. The van der Waals surface area contributed by atoms with Crippen LogP contribution in [0.3, 0.4) is 0 Å². The van der Waals surface area contributed by atoms with Crippen molar-refractivity contribution >= 4 is 23.3 Å². The van der Waals surface area contributed by atoms with E-state index in [1.807, 2.05) is 12.1 Å². The Morgan fingerprint density at radius 3 is 2.54 bits per heavy atom. The summed E-state index contributed by atoms with van der Waals surface area (Å²) in [6.45, 7) is 0.358. The Labute approximate surface area is 168 Å². The fourth-order valence-corrected chi connectivity index (χ4v) is 3.70. The summed E-state index contributed by atoms with van der Waals surface area (Å²) < 4.78 is 2.12. The highest BCUT2D eigenvalue weighted by Gasteiger charge is 2.22. The van der Waals surface area contributed by atoms with Crippen LogP contribution in [-0.4, -0.2) is 20.8 Å². The molecule has 6 nitrogen and oxygen atoms in total. The summed E-state index contributed by atoms with van der Waals surface area (Å²) in [5.74, 6) is 0. The molecule has 1 aliphatic rings. The zero-order valence-corrected chi connectivity index (χ0v) is 16.2. The van der Waals surface area contributed by atoms with Crippen molar-refractivity contribution in [3.8, 4) is 11.3 Å². The van der Waals surface area contributed by atoms with Gasteiger partial charge in [-0.2, -0.15) is 5.10 Å². The second-order valence-corrected chi connectivity index (χ2v) is 7.39. The lowest BCUT2D eigenvalue weighted by Crippen LogP contribution is -2.28. The number of halogens is 1. The number of anilines is 1. The van der Waals surface area contributed by atoms with Gasteiger partial charge < -0.3 is 10.6 Å². The van der Waals surface area contributed by atoms with Crippen molar-refractivity contribution < 1.29 is 4.79 Å². The highest BCUT2D eigenvalue weighted by atomic mass is 35.5. The number of nitrogens with zero attached hydrogens (tertiary/aromatic N) is 3. The predicted molar refractivity (Wildman–Crippen MR) is 110 cm³/mol. The predicted octanol–water partition coefficient (Wildman–Crippen LogP) is 5.04. The first-order chi connectivity index (χ1) is 13.7. The maximum Gasteiger partial charge on any atom is 0.319 e. The molecule has 0 unspecified atom stereocenters. The molecule has 1 aromatic carbocycles. The quantitative estimate of drug-likeness (QED) is 0.636. The Morgan fingerprint density at radius 2 is 1.82 bits per heavy atom. The van der Waals surface area contributed by atoms with Crippen LogP contribution in [0, 0.1) is 0 Å². The van der Waals surface area contributed by atoms with Gasteiger partial charge in [-0.15, -0.1) is 0 Å². The smallest absolute Gasteiger partial charge is 0.319 e. The first-order valence-electron chi connectivity index (χ1n) is 9.48. The molecular weight excluding hydrogens is 374 g/mol. The number of carbonyl (C=O) groups is 1. The Bertz CT molecular complexity index is 933. The third kappa shape index (κ3) is 4.34. The van der Waals surface area contributed by atoms with E-state index < -0.39 is 0 Å². The van der Waals surface area contributed by atoms with Gasteiger partial charge in [0.15, 0.2) is 0 Å².